The molecule has 1 atom stereocenters. The van der Waals surface area contributed by atoms with Crippen molar-refractivity contribution in [3.05, 3.63) is 41.5 Å². The highest BCUT2D eigenvalue weighted by atomic mass is 16.5. The van der Waals surface area contributed by atoms with Crippen molar-refractivity contribution < 1.29 is 28.8 Å². The average Bonchev–Trinajstić information content (AvgIpc) is 2.81. The Labute approximate surface area is 186 Å². The Morgan fingerprint density at radius 3 is 1.97 bits per heavy atom. The predicted molar refractivity (Wildman–Crippen MR) is 121 cm³/mol. The molecule has 172 valence electrons. The first-order chi connectivity index (χ1) is 15.3. The molecule has 32 heavy (non-hydrogen) atoms. The lowest BCUT2D eigenvalue weighted by Gasteiger charge is -2.14. The SMILES string of the molecule is COc1ccc(C=C(C#N)c2cc(OC)c(OC)c(OC)c2)cc1N.NC(=O)[C@@H](N)CO. The van der Waals surface area contributed by atoms with Crippen LogP contribution in [0, 0.1) is 11.3 Å². The van der Waals surface area contributed by atoms with E-state index in [1.54, 1.807) is 37.5 Å². The van der Waals surface area contributed by atoms with Gasteiger partial charge in [0.2, 0.25) is 11.7 Å². The fourth-order valence-corrected chi connectivity index (χ4v) is 2.52. The third-order valence-corrected chi connectivity index (χ3v) is 4.22. The van der Waals surface area contributed by atoms with Crippen LogP contribution in [-0.4, -0.2) is 52.1 Å². The van der Waals surface area contributed by atoms with Crippen LogP contribution in [0.3, 0.4) is 0 Å². The van der Waals surface area contributed by atoms with Crippen molar-refractivity contribution in [3.63, 3.8) is 0 Å². The molecule has 1 amide bonds. The largest absolute Gasteiger partial charge is 0.495 e. The van der Waals surface area contributed by atoms with Gasteiger partial charge in [-0.2, -0.15) is 5.26 Å². The van der Waals surface area contributed by atoms with E-state index in [4.69, 9.17) is 35.5 Å². The third-order valence-electron chi connectivity index (χ3n) is 4.22. The van der Waals surface area contributed by atoms with Gasteiger partial charge in [-0.05, 0) is 41.5 Å². The number of nitrogens with two attached hydrogens (primary N) is 3. The fourth-order valence-electron chi connectivity index (χ4n) is 2.52. The van der Waals surface area contributed by atoms with E-state index in [9.17, 15) is 10.1 Å². The van der Waals surface area contributed by atoms with Crippen LogP contribution in [0.25, 0.3) is 11.6 Å². The highest BCUT2D eigenvalue weighted by molar-refractivity contribution is 5.91. The van der Waals surface area contributed by atoms with Crippen molar-refractivity contribution in [1.82, 2.24) is 0 Å². The highest BCUT2D eigenvalue weighted by Gasteiger charge is 2.15. The molecule has 0 aliphatic carbocycles. The zero-order valence-electron chi connectivity index (χ0n) is 18.4. The van der Waals surface area contributed by atoms with E-state index in [1.165, 1.54) is 21.3 Å². The number of allylic oxidation sites excluding steroid dienone is 1. The van der Waals surface area contributed by atoms with E-state index in [1.807, 2.05) is 6.07 Å². The van der Waals surface area contributed by atoms with Crippen LogP contribution in [0.4, 0.5) is 5.69 Å². The highest BCUT2D eigenvalue weighted by Crippen LogP contribution is 2.40. The molecule has 0 aliphatic rings. The molecule has 0 aliphatic heterocycles. The lowest BCUT2D eigenvalue weighted by Crippen LogP contribution is -2.39. The number of carbonyl (C=O) groups excluding carboxylic acids is 1. The van der Waals surface area contributed by atoms with Gasteiger partial charge in [-0.1, -0.05) is 6.07 Å². The molecule has 0 aromatic heterocycles. The number of nitriles is 1. The van der Waals surface area contributed by atoms with E-state index >= 15 is 0 Å². The smallest absolute Gasteiger partial charge is 0.236 e. The molecule has 0 saturated heterocycles. The second-order valence-electron chi connectivity index (χ2n) is 6.28. The summed E-state index contributed by atoms with van der Waals surface area (Å²) in [5.74, 6) is 1.34. The van der Waals surface area contributed by atoms with Crippen LogP contribution in [0.1, 0.15) is 11.1 Å². The summed E-state index contributed by atoms with van der Waals surface area (Å²) in [6, 6.07) is 10.1. The lowest BCUT2D eigenvalue weighted by atomic mass is 10.0. The van der Waals surface area contributed by atoms with E-state index in [2.05, 4.69) is 11.8 Å². The molecule has 0 radical (unpaired) electrons. The second kappa shape index (κ2) is 12.7. The van der Waals surface area contributed by atoms with E-state index < -0.39 is 11.9 Å². The van der Waals surface area contributed by atoms with Gasteiger partial charge >= 0.3 is 0 Å². The molecule has 0 fully saturated rings. The standard InChI is InChI=1S/C19H20N2O4.C3H8N2O2/c1-22-16-6-5-12(8-15(16)21)7-14(11-20)13-9-17(23-2)19(25-4)18(10-13)24-3;4-2(1-6)3(5)7/h5-10H,21H2,1-4H3;2,6H,1,4H2,(H2,5,7)/t;2-/m.0/s1. The van der Waals surface area contributed by atoms with Gasteiger partial charge in [-0.3, -0.25) is 4.79 Å². The Kier molecular flexibility index (Phi) is 10.3. The van der Waals surface area contributed by atoms with Crippen LogP contribution in [0.2, 0.25) is 0 Å². The number of methoxy groups -OCH3 is 4. The first kappa shape index (κ1) is 26.1. The number of aliphatic hydroxyl groups is 1. The Morgan fingerprint density at radius 2 is 1.62 bits per heavy atom. The monoisotopic (exact) mass is 444 g/mol. The number of primary amides is 1. The van der Waals surface area contributed by atoms with Crippen LogP contribution in [-0.2, 0) is 4.79 Å². The number of benzene rings is 2. The number of ether oxygens (including phenoxy) is 4. The van der Waals surface area contributed by atoms with Gasteiger partial charge in [0.15, 0.2) is 11.5 Å². The second-order valence-corrected chi connectivity index (χ2v) is 6.28. The van der Waals surface area contributed by atoms with Crippen molar-refractivity contribution in [1.29, 1.82) is 5.26 Å². The van der Waals surface area contributed by atoms with Crippen molar-refractivity contribution >= 4 is 23.2 Å². The van der Waals surface area contributed by atoms with E-state index in [0.717, 1.165) is 5.56 Å². The minimum atomic E-state index is -0.903. The first-order valence-corrected chi connectivity index (χ1v) is 9.27. The maximum atomic E-state index is 9.87. The van der Waals surface area contributed by atoms with Crippen molar-refractivity contribution in [3.8, 4) is 29.1 Å². The minimum Gasteiger partial charge on any atom is -0.495 e. The maximum absolute atomic E-state index is 9.87. The molecule has 0 spiro atoms. The number of nitrogens with zero attached hydrogens (tertiary/aromatic N) is 1. The number of carbonyl (C=O) groups is 1. The Bertz CT molecular complexity index is 975. The molecule has 0 saturated carbocycles. The summed E-state index contributed by atoms with van der Waals surface area (Å²) in [5, 5.41) is 17.7. The van der Waals surface area contributed by atoms with Gasteiger partial charge in [-0.25, -0.2) is 0 Å². The molecule has 2 aromatic rings. The Morgan fingerprint density at radius 1 is 1.06 bits per heavy atom. The summed E-state index contributed by atoms with van der Waals surface area (Å²) in [6.07, 6.45) is 1.73. The summed E-state index contributed by atoms with van der Waals surface area (Å²) in [6.45, 7) is -0.380. The van der Waals surface area contributed by atoms with E-state index in [-0.39, 0.29) is 6.61 Å². The molecule has 0 bridgehead atoms. The Balaban J connectivity index is 0.000000633. The topological polar surface area (TPSA) is 176 Å². The van der Waals surface area contributed by atoms with Gasteiger partial charge in [0.1, 0.15) is 11.8 Å². The Hall–Kier alpha value is -3.94. The van der Waals surface area contributed by atoms with Gasteiger partial charge in [-0.15, -0.1) is 0 Å². The number of hydrogen-bond acceptors (Lipinski definition) is 9. The normalized spacial score (nSPS) is 11.3. The minimum absolute atomic E-state index is 0.380. The molecule has 7 N–H and O–H groups in total. The summed E-state index contributed by atoms with van der Waals surface area (Å²) in [4.78, 5) is 9.87. The number of amides is 1. The van der Waals surface area contributed by atoms with Gasteiger partial charge < -0.3 is 41.3 Å². The molecular formula is C22H28N4O6. The molecular weight excluding hydrogens is 416 g/mol. The third kappa shape index (κ3) is 6.80. The van der Waals surface area contributed by atoms with Crippen molar-refractivity contribution in [2.24, 2.45) is 11.5 Å². The zero-order chi connectivity index (χ0) is 24.3. The van der Waals surface area contributed by atoms with E-state index in [0.29, 0.717) is 39.8 Å². The maximum Gasteiger partial charge on any atom is 0.236 e. The lowest BCUT2D eigenvalue weighted by molar-refractivity contribution is -0.120. The number of rotatable bonds is 8. The quantitative estimate of drug-likeness (QED) is 0.264. The summed E-state index contributed by atoms with van der Waals surface area (Å²) >= 11 is 0. The molecule has 0 unspecified atom stereocenters. The molecule has 2 rings (SSSR count). The number of hydrogen-bond donors (Lipinski definition) is 4. The van der Waals surface area contributed by atoms with Gasteiger partial charge in [0, 0.05) is 0 Å². The number of aliphatic hydroxyl groups excluding tert-OH is 1. The first-order valence-electron chi connectivity index (χ1n) is 9.27. The van der Waals surface area contributed by atoms with Crippen LogP contribution >= 0.6 is 0 Å². The van der Waals surface area contributed by atoms with Gasteiger partial charge in [0.25, 0.3) is 0 Å². The molecule has 10 heteroatoms. The zero-order valence-corrected chi connectivity index (χ0v) is 18.4. The van der Waals surface area contributed by atoms with Crippen molar-refractivity contribution in [2.75, 3.05) is 40.8 Å². The number of nitrogen functional groups attached to an aromatic ring is 1. The van der Waals surface area contributed by atoms with Crippen LogP contribution < -0.4 is 36.1 Å². The van der Waals surface area contributed by atoms with Gasteiger partial charge in [0.05, 0.1) is 52.4 Å². The van der Waals surface area contributed by atoms with Crippen molar-refractivity contribution in [2.45, 2.75) is 6.04 Å². The molecule has 10 nitrogen and oxygen atoms in total. The fraction of sp³-hybridized carbons (Fsp3) is 0.273. The summed E-state index contributed by atoms with van der Waals surface area (Å²) < 4.78 is 21.1. The summed E-state index contributed by atoms with van der Waals surface area (Å²) in [5.41, 5.74) is 17.8. The van der Waals surface area contributed by atoms with Crippen LogP contribution in [0.15, 0.2) is 30.3 Å². The number of anilines is 1. The average molecular weight is 444 g/mol. The molecule has 2 aromatic carbocycles. The molecule has 0 heterocycles. The summed E-state index contributed by atoms with van der Waals surface area (Å²) in [7, 11) is 6.14. The predicted octanol–water partition coefficient (Wildman–Crippen LogP) is 1.16. The van der Waals surface area contributed by atoms with Crippen LogP contribution in [0.5, 0.6) is 23.0 Å².